The van der Waals surface area contributed by atoms with Crippen molar-refractivity contribution in [2.24, 2.45) is 0 Å². The molecule has 0 fully saturated rings. The minimum absolute atomic E-state index is 0.561. The SMILES string of the molecule is Cc1ccnc(C(O)Cc2ccc(Cl)s2)c1. The Labute approximate surface area is 104 Å². The molecule has 2 aromatic rings. The molecule has 4 heteroatoms. The number of aliphatic hydroxyl groups excluding tert-OH is 1. The van der Waals surface area contributed by atoms with Crippen LogP contribution in [0.1, 0.15) is 22.2 Å². The molecule has 2 aromatic heterocycles. The maximum Gasteiger partial charge on any atom is 0.101 e. The van der Waals surface area contributed by atoms with Crippen LogP contribution in [0, 0.1) is 6.92 Å². The molecule has 1 N–H and O–H groups in total. The van der Waals surface area contributed by atoms with Gasteiger partial charge >= 0.3 is 0 Å². The maximum absolute atomic E-state index is 10.0. The Balaban J connectivity index is 2.11. The van der Waals surface area contributed by atoms with Crippen molar-refractivity contribution < 1.29 is 5.11 Å². The summed E-state index contributed by atoms with van der Waals surface area (Å²) in [5.74, 6) is 0. The second-order valence-corrected chi connectivity index (χ2v) is 5.48. The summed E-state index contributed by atoms with van der Waals surface area (Å²) in [4.78, 5) is 5.23. The van der Waals surface area contributed by atoms with Gasteiger partial charge in [0.1, 0.15) is 6.10 Å². The van der Waals surface area contributed by atoms with Crippen molar-refractivity contribution in [3.63, 3.8) is 0 Å². The highest BCUT2D eigenvalue weighted by Crippen LogP contribution is 2.26. The Hall–Kier alpha value is -0.900. The average Bonchev–Trinajstić information content (AvgIpc) is 2.64. The normalized spacial score (nSPS) is 12.7. The first-order chi connectivity index (χ1) is 7.65. The molecule has 0 saturated carbocycles. The third kappa shape index (κ3) is 2.82. The van der Waals surface area contributed by atoms with Gasteiger partial charge in [-0.25, -0.2) is 0 Å². The standard InChI is InChI=1S/C12H12ClNOS/c1-8-4-5-14-10(6-8)11(15)7-9-2-3-12(13)16-9/h2-6,11,15H,7H2,1H3. The molecule has 0 saturated heterocycles. The van der Waals surface area contributed by atoms with Gasteiger partial charge in [-0.15, -0.1) is 11.3 Å². The Kier molecular flexibility index (Phi) is 3.59. The quantitative estimate of drug-likeness (QED) is 0.910. The van der Waals surface area contributed by atoms with E-state index in [9.17, 15) is 5.11 Å². The predicted octanol–water partition coefficient (Wildman–Crippen LogP) is 3.38. The summed E-state index contributed by atoms with van der Waals surface area (Å²) < 4.78 is 0.749. The van der Waals surface area contributed by atoms with Gasteiger partial charge in [0.2, 0.25) is 0 Å². The fraction of sp³-hybridized carbons (Fsp3) is 0.250. The van der Waals surface area contributed by atoms with Gasteiger partial charge < -0.3 is 5.11 Å². The lowest BCUT2D eigenvalue weighted by Crippen LogP contribution is -2.03. The Bertz CT molecular complexity index is 483. The smallest absolute Gasteiger partial charge is 0.101 e. The molecule has 0 aliphatic heterocycles. The summed E-state index contributed by atoms with van der Waals surface area (Å²) in [5.41, 5.74) is 1.82. The van der Waals surface area contributed by atoms with Gasteiger partial charge in [-0.2, -0.15) is 0 Å². The lowest BCUT2D eigenvalue weighted by atomic mass is 10.1. The van der Waals surface area contributed by atoms with Crippen molar-refractivity contribution in [1.29, 1.82) is 0 Å². The fourth-order valence-corrected chi connectivity index (χ4v) is 2.62. The number of aryl methyl sites for hydroxylation is 1. The molecule has 0 bridgehead atoms. The van der Waals surface area contributed by atoms with Crippen LogP contribution in [0.2, 0.25) is 4.34 Å². The lowest BCUT2D eigenvalue weighted by molar-refractivity contribution is 0.174. The number of nitrogens with zero attached hydrogens (tertiary/aromatic N) is 1. The van der Waals surface area contributed by atoms with Gasteiger partial charge in [0, 0.05) is 17.5 Å². The first kappa shape index (κ1) is 11.6. The third-order valence-electron chi connectivity index (χ3n) is 2.30. The number of aliphatic hydroxyl groups is 1. The summed E-state index contributed by atoms with van der Waals surface area (Å²) >= 11 is 7.33. The van der Waals surface area contributed by atoms with Crippen LogP contribution < -0.4 is 0 Å². The summed E-state index contributed by atoms with van der Waals surface area (Å²) in [5, 5.41) is 10.0. The van der Waals surface area contributed by atoms with Crippen molar-refractivity contribution in [3.8, 4) is 0 Å². The Morgan fingerprint density at radius 3 is 2.88 bits per heavy atom. The van der Waals surface area contributed by atoms with Crippen LogP contribution in [0.25, 0.3) is 0 Å². The van der Waals surface area contributed by atoms with Gasteiger partial charge in [-0.1, -0.05) is 11.6 Å². The predicted molar refractivity (Wildman–Crippen MR) is 67.0 cm³/mol. The number of pyridine rings is 1. The van der Waals surface area contributed by atoms with E-state index in [4.69, 9.17) is 11.6 Å². The average molecular weight is 254 g/mol. The summed E-state index contributed by atoms with van der Waals surface area (Å²) in [7, 11) is 0. The van der Waals surface area contributed by atoms with Gasteiger partial charge in [0.15, 0.2) is 0 Å². The van der Waals surface area contributed by atoms with Gasteiger partial charge in [0.05, 0.1) is 10.0 Å². The Morgan fingerprint density at radius 2 is 2.25 bits per heavy atom. The molecule has 0 radical (unpaired) electrons. The molecule has 0 aliphatic carbocycles. The van der Waals surface area contributed by atoms with E-state index in [2.05, 4.69) is 4.98 Å². The number of aromatic nitrogens is 1. The third-order valence-corrected chi connectivity index (χ3v) is 3.55. The second kappa shape index (κ2) is 4.95. The van der Waals surface area contributed by atoms with E-state index < -0.39 is 6.10 Å². The van der Waals surface area contributed by atoms with Gasteiger partial charge in [0.25, 0.3) is 0 Å². The zero-order valence-corrected chi connectivity index (χ0v) is 10.4. The van der Waals surface area contributed by atoms with Gasteiger partial charge in [-0.05, 0) is 36.8 Å². The Morgan fingerprint density at radius 1 is 1.44 bits per heavy atom. The van der Waals surface area contributed by atoms with E-state index >= 15 is 0 Å². The van der Waals surface area contributed by atoms with E-state index in [0.717, 1.165) is 14.8 Å². The summed E-state index contributed by atoms with van der Waals surface area (Å²) in [6.07, 6.45) is 1.72. The number of halogens is 1. The van der Waals surface area contributed by atoms with Crippen molar-refractivity contribution >= 4 is 22.9 Å². The van der Waals surface area contributed by atoms with Crippen LogP contribution in [0.3, 0.4) is 0 Å². The molecule has 2 heterocycles. The molecule has 0 amide bonds. The minimum atomic E-state index is -0.561. The monoisotopic (exact) mass is 253 g/mol. The number of thiophene rings is 1. The zero-order chi connectivity index (χ0) is 11.5. The molecule has 0 aromatic carbocycles. The highest BCUT2D eigenvalue weighted by atomic mass is 35.5. The molecule has 0 spiro atoms. The number of hydrogen-bond acceptors (Lipinski definition) is 3. The summed E-state index contributed by atoms with van der Waals surface area (Å²) in [6, 6.07) is 7.60. The maximum atomic E-state index is 10.0. The molecular weight excluding hydrogens is 242 g/mol. The van der Waals surface area contributed by atoms with Crippen molar-refractivity contribution in [2.45, 2.75) is 19.4 Å². The van der Waals surface area contributed by atoms with Crippen LogP contribution in [0.5, 0.6) is 0 Å². The van der Waals surface area contributed by atoms with Crippen molar-refractivity contribution in [1.82, 2.24) is 4.98 Å². The second-order valence-electron chi connectivity index (χ2n) is 3.68. The van der Waals surface area contributed by atoms with E-state index in [1.165, 1.54) is 11.3 Å². The van der Waals surface area contributed by atoms with E-state index in [0.29, 0.717) is 12.1 Å². The molecule has 2 rings (SSSR count). The molecule has 16 heavy (non-hydrogen) atoms. The van der Waals surface area contributed by atoms with Crippen LogP contribution in [-0.2, 0) is 6.42 Å². The molecule has 84 valence electrons. The van der Waals surface area contributed by atoms with Crippen LogP contribution >= 0.6 is 22.9 Å². The molecule has 1 atom stereocenters. The molecule has 2 nitrogen and oxygen atoms in total. The van der Waals surface area contributed by atoms with Crippen LogP contribution in [-0.4, -0.2) is 10.1 Å². The molecule has 1 unspecified atom stereocenters. The molecular formula is C12H12ClNOS. The highest BCUT2D eigenvalue weighted by molar-refractivity contribution is 7.16. The first-order valence-corrected chi connectivity index (χ1v) is 6.19. The van der Waals surface area contributed by atoms with E-state index in [1.807, 2.05) is 31.2 Å². The van der Waals surface area contributed by atoms with Gasteiger partial charge in [-0.3, -0.25) is 4.98 Å². The van der Waals surface area contributed by atoms with E-state index in [1.54, 1.807) is 6.20 Å². The van der Waals surface area contributed by atoms with E-state index in [-0.39, 0.29) is 0 Å². The van der Waals surface area contributed by atoms with Crippen LogP contribution in [0.4, 0.5) is 0 Å². The minimum Gasteiger partial charge on any atom is -0.386 e. The first-order valence-electron chi connectivity index (χ1n) is 5.00. The van der Waals surface area contributed by atoms with Crippen molar-refractivity contribution in [3.05, 3.63) is 50.9 Å². The topological polar surface area (TPSA) is 33.1 Å². The number of rotatable bonds is 3. The summed E-state index contributed by atoms with van der Waals surface area (Å²) in [6.45, 7) is 1.99. The lowest BCUT2D eigenvalue weighted by Gasteiger charge is -2.08. The number of hydrogen-bond donors (Lipinski definition) is 1. The molecule has 0 aliphatic rings. The fourth-order valence-electron chi connectivity index (χ4n) is 1.50. The largest absolute Gasteiger partial charge is 0.386 e. The zero-order valence-electron chi connectivity index (χ0n) is 8.85. The van der Waals surface area contributed by atoms with Crippen LogP contribution in [0.15, 0.2) is 30.5 Å². The van der Waals surface area contributed by atoms with Crippen molar-refractivity contribution in [2.75, 3.05) is 0 Å². The highest BCUT2D eigenvalue weighted by Gasteiger charge is 2.11.